The smallest absolute Gasteiger partial charge is 0.185 e. The second-order valence-corrected chi connectivity index (χ2v) is 7.11. The van der Waals surface area contributed by atoms with Crippen molar-refractivity contribution in [3.63, 3.8) is 0 Å². The van der Waals surface area contributed by atoms with Gasteiger partial charge in [0, 0.05) is 37.1 Å². The van der Waals surface area contributed by atoms with Crippen molar-refractivity contribution in [3.8, 4) is 11.3 Å². The van der Waals surface area contributed by atoms with E-state index in [0.717, 1.165) is 42.6 Å². The van der Waals surface area contributed by atoms with Crippen LogP contribution in [0.1, 0.15) is 0 Å². The first-order chi connectivity index (χ1) is 8.74. The van der Waals surface area contributed by atoms with Crippen LogP contribution in [0.2, 0.25) is 8.67 Å². The van der Waals surface area contributed by atoms with Crippen molar-refractivity contribution < 1.29 is 0 Å². The maximum atomic E-state index is 6.15. The first-order valence-electron chi connectivity index (χ1n) is 5.60. The van der Waals surface area contributed by atoms with E-state index in [1.807, 2.05) is 11.4 Å². The van der Waals surface area contributed by atoms with Crippen LogP contribution in [-0.4, -0.2) is 31.2 Å². The summed E-state index contributed by atoms with van der Waals surface area (Å²) in [6.07, 6.45) is 0. The Bertz CT molecular complexity index is 546. The predicted octanol–water partition coefficient (Wildman–Crippen LogP) is 3.59. The average molecular weight is 320 g/mol. The number of thiophene rings is 1. The Balaban J connectivity index is 1.86. The van der Waals surface area contributed by atoms with E-state index in [1.54, 1.807) is 11.3 Å². The lowest BCUT2D eigenvalue weighted by Crippen LogP contribution is -2.43. The molecule has 1 N–H and O–H groups in total. The third-order valence-corrected chi connectivity index (χ3v) is 5.20. The summed E-state index contributed by atoms with van der Waals surface area (Å²) in [6.45, 7) is 4.04. The van der Waals surface area contributed by atoms with Crippen molar-refractivity contribution in [2.24, 2.45) is 0 Å². The summed E-state index contributed by atoms with van der Waals surface area (Å²) < 4.78 is 1.41. The molecule has 0 saturated carbocycles. The molecule has 1 saturated heterocycles. The van der Waals surface area contributed by atoms with Crippen LogP contribution in [0, 0.1) is 0 Å². The van der Waals surface area contributed by atoms with Crippen LogP contribution in [0.15, 0.2) is 11.4 Å². The molecule has 0 bridgehead atoms. The van der Waals surface area contributed by atoms with Crippen molar-refractivity contribution in [2.75, 3.05) is 31.1 Å². The molecule has 3 nitrogen and oxygen atoms in total. The quantitative estimate of drug-likeness (QED) is 0.916. The van der Waals surface area contributed by atoms with Gasteiger partial charge in [0.05, 0.1) is 10.0 Å². The van der Waals surface area contributed by atoms with Crippen LogP contribution in [0.25, 0.3) is 11.3 Å². The Morgan fingerprint density at radius 3 is 2.72 bits per heavy atom. The largest absolute Gasteiger partial charge is 0.346 e. The SMILES string of the molecule is Clc1cc(-c2csc(N3CCNCC3)n2)c(Cl)s1. The number of rotatable bonds is 2. The Morgan fingerprint density at radius 1 is 1.28 bits per heavy atom. The summed E-state index contributed by atoms with van der Waals surface area (Å²) in [6, 6.07) is 1.88. The Labute approximate surface area is 123 Å². The topological polar surface area (TPSA) is 28.2 Å². The molecule has 1 aliphatic heterocycles. The maximum Gasteiger partial charge on any atom is 0.185 e. The van der Waals surface area contributed by atoms with Gasteiger partial charge in [-0.05, 0) is 6.07 Å². The molecular formula is C11H11Cl2N3S2. The molecule has 0 atom stereocenters. The number of nitrogens with zero attached hydrogens (tertiary/aromatic N) is 2. The molecule has 0 spiro atoms. The number of halogens is 2. The van der Waals surface area contributed by atoms with Gasteiger partial charge >= 0.3 is 0 Å². The zero-order valence-electron chi connectivity index (χ0n) is 9.45. The number of nitrogens with one attached hydrogen (secondary N) is 1. The summed E-state index contributed by atoms with van der Waals surface area (Å²) in [5, 5.41) is 6.44. The van der Waals surface area contributed by atoms with E-state index < -0.39 is 0 Å². The zero-order valence-corrected chi connectivity index (χ0v) is 12.6. The Morgan fingerprint density at radius 2 is 2.06 bits per heavy atom. The molecule has 0 radical (unpaired) electrons. The highest BCUT2D eigenvalue weighted by molar-refractivity contribution is 7.20. The van der Waals surface area contributed by atoms with Gasteiger partial charge in [-0.25, -0.2) is 4.98 Å². The second-order valence-electron chi connectivity index (χ2n) is 3.99. The molecule has 2 aromatic rings. The van der Waals surface area contributed by atoms with E-state index in [2.05, 4.69) is 15.2 Å². The molecule has 18 heavy (non-hydrogen) atoms. The highest BCUT2D eigenvalue weighted by atomic mass is 35.5. The summed E-state index contributed by atoms with van der Waals surface area (Å²) in [4.78, 5) is 6.96. The van der Waals surface area contributed by atoms with Crippen LogP contribution in [0.3, 0.4) is 0 Å². The molecule has 1 fully saturated rings. The number of anilines is 1. The fourth-order valence-electron chi connectivity index (χ4n) is 1.90. The number of thiazole rings is 1. The molecule has 2 aromatic heterocycles. The van der Waals surface area contributed by atoms with Gasteiger partial charge in [0.25, 0.3) is 0 Å². The van der Waals surface area contributed by atoms with Crippen LogP contribution >= 0.6 is 45.9 Å². The predicted molar refractivity (Wildman–Crippen MR) is 80.5 cm³/mol. The Kier molecular flexibility index (Phi) is 3.77. The lowest BCUT2D eigenvalue weighted by atomic mass is 10.3. The standard InChI is InChI=1S/C11H11Cl2N3S2/c12-9-5-7(10(13)18-9)8-6-17-11(15-8)16-3-1-14-2-4-16/h5-6,14H,1-4H2. The van der Waals surface area contributed by atoms with Crippen molar-refractivity contribution in [2.45, 2.75) is 0 Å². The third kappa shape index (κ3) is 2.51. The summed E-state index contributed by atoms with van der Waals surface area (Å²) in [7, 11) is 0. The lowest BCUT2D eigenvalue weighted by Gasteiger charge is -2.26. The van der Waals surface area contributed by atoms with Gasteiger partial charge in [0.1, 0.15) is 4.34 Å². The van der Waals surface area contributed by atoms with E-state index in [1.165, 1.54) is 11.3 Å². The minimum atomic E-state index is 0.701. The van der Waals surface area contributed by atoms with Crippen LogP contribution < -0.4 is 10.2 Å². The van der Waals surface area contributed by atoms with Crippen LogP contribution in [-0.2, 0) is 0 Å². The molecule has 0 aliphatic carbocycles. The first-order valence-corrected chi connectivity index (χ1v) is 8.05. The first kappa shape index (κ1) is 12.7. The van der Waals surface area contributed by atoms with E-state index in [0.29, 0.717) is 8.67 Å². The number of hydrogen-bond donors (Lipinski definition) is 1. The molecule has 3 rings (SSSR count). The van der Waals surface area contributed by atoms with Crippen molar-refractivity contribution in [3.05, 3.63) is 20.1 Å². The van der Waals surface area contributed by atoms with Gasteiger partial charge in [-0.15, -0.1) is 22.7 Å². The Hall–Kier alpha value is -0.330. The zero-order chi connectivity index (χ0) is 12.5. The third-order valence-electron chi connectivity index (χ3n) is 2.81. The van der Waals surface area contributed by atoms with Crippen molar-refractivity contribution in [1.29, 1.82) is 0 Å². The van der Waals surface area contributed by atoms with Crippen molar-refractivity contribution in [1.82, 2.24) is 10.3 Å². The highest BCUT2D eigenvalue weighted by Gasteiger charge is 2.16. The van der Waals surface area contributed by atoms with E-state index >= 15 is 0 Å². The summed E-state index contributed by atoms with van der Waals surface area (Å²) >= 11 is 15.2. The van der Waals surface area contributed by atoms with Crippen molar-refractivity contribution >= 4 is 51.0 Å². The molecule has 3 heterocycles. The van der Waals surface area contributed by atoms with Gasteiger partial charge in [0.2, 0.25) is 0 Å². The molecule has 0 aromatic carbocycles. The summed E-state index contributed by atoms with van der Waals surface area (Å²) in [5.74, 6) is 0. The van der Waals surface area contributed by atoms with Gasteiger partial charge in [0.15, 0.2) is 5.13 Å². The number of aromatic nitrogens is 1. The number of hydrogen-bond acceptors (Lipinski definition) is 5. The fourth-order valence-corrected chi connectivity index (χ4v) is 4.26. The van der Waals surface area contributed by atoms with Crippen LogP contribution in [0.4, 0.5) is 5.13 Å². The van der Waals surface area contributed by atoms with Gasteiger partial charge in [-0.1, -0.05) is 23.2 Å². The summed E-state index contributed by atoms with van der Waals surface area (Å²) in [5.41, 5.74) is 1.85. The number of piperazine rings is 1. The maximum absolute atomic E-state index is 6.15. The second kappa shape index (κ2) is 5.35. The normalized spacial score (nSPS) is 16.2. The minimum absolute atomic E-state index is 0.701. The average Bonchev–Trinajstić information content (AvgIpc) is 2.97. The molecule has 1 aliphatic rings. The minimum Gasteiger partial charge on any atom is -0.346 e. The van der Waals surface area contributed by atoms with Gasteiger partial charge < -0.3 is 10.2 Å². The van der Waals surface area contributed by atoms with E-state index in [9.17, 15) is 0 Å². The highest BCUT2D eigenvalue weighted by Crippen LogP contribution is 2.39. The molecule has 0 unspecified atom stereocenters. The van der Waals surface area contributed by atoms with E-state index in [-0.39, 0.29) is 0 Å². The molecule has 0 amide bonds. The monoisotopic (exact) mass is 319 g/mol. The van der Waals surface area contributed by atoms with Crippen LogP contribution in [0.5, 0.6) is 0 Å². The van der Waals surface area contributed by atoms with E-state index in [4.69, 9.17) is 23.2 Å². The lowest BCUT2D eigenvalue weighted by molar-refractivity contribution is 0.588. The molecule has 7 heteroatoms. The molecular weight excluding hydrogens is 309 g/mol. The van der Waals surface area contributed by atoms with Gasteiger partial charge in [-0.3, -0.25) is 0 Å². The molecule has 96 valence electrons. The fraction of sp³-hybridized carbons (Fsp3) is 0.364. The van der Waals surface area contributed by atoms with Gasteiger partial charge in [-0.2, -0.15) is 0 Å².